The van der Waals surface area contributed by atoms with Gasteiger partial charge in [0.25, 0.3) is 5.91 Å². The van der Waals surface area contributed by atoms with E-state index >= 15 is 0 Å². The fraction of sp³-hybridized carbons (Fsp3) is 0.188. The second-order valence-electron chi connectivity index (χ2n) is 10.8. The first-order chi connectivity index (χ1) is 21.9. The summed E-state index contributed by atoms with van der Waals surface area (Å²) >= 11 is 0. The van der Waals surface area contributed by atoms with Crippen molar-refractivity contribution in [2.75, 3.05) is 13.1 Å². The van der Waals surface area contributed by atoms with Crippen molar-refractivity contribution < 1.29 is 81.6 Å². The molecule has 2 aromatic heterocycles. The van der Waals surface area contributed by atoms with Crippen LogP contribution < -0.4 is 64.7 Å². The van der Waals surface area contributed by atoms with Gasteiger partial charge in [-0.2, -0.15) is 4.57 Å². The molecule has 4 aromatic rings. The lowest BCUT2D eigenvalue weighted by Gasteiger charge is -2.10. The Morgan fingerprint density at radius 3 is 1.88 bits per heavy atom. The van der Waals surface area contributed by atoms with Crippen LogP contribution in [0.3, 0.4) is 0 Å². The minimum atomic E-state index is -1.84. The molecule has 0 atom stereocenters. The number of aromatic nitrogens is 2. The molecular formula is C32H34B2Br2F2N4O6. The van der Waals surface area contributed by atoms with Gasteiger partial charge in [0.2, 0.25) is 5.91 Å². The molecule has 2 aromatic carbocycles. The fourth-order valence-corrected chi connectivity index (χ4v) is 4.87. The molecule has 48 heavy (non-hydrogen) atoms. The van der Waals surface area contributed by atoms with Crippen LogP contribution in [0.15, 0.2) is 91.5 Å². The molecule has 2 heterocycles. The first-order valence-electron chi connectivity index (χ1n) is 14.5. The molecule has 0 aliphatic carbocycles. The Morgan fingerprint density at radius 1 is 0.771 bits per heavy atom. The number of amides is 2. The van der Waals surface area contributed by atoms with Crippen LogP contribution in [0.25, 0.3) is 11.1 Å². The van der Waals surface area contributed by atoms with E-state index < -0.39 is 31.8 Å². The Labute approximate surface area is 298 Å². The second-order valence-corrected chi connectivity index (χ2v) is 10.8. The Hall–Kier alpha value is -3.79. The number of carbonyl (C=O) groups excluding carboxylic acids is 2. The zero-order valence-corrected chi connectivity index (χ0v) is 29.1. The molecule has 0 radical (unpaired) electrons. The van der Waals surface area contributed by atoms with Crippen molar-refractivity contribution in [1.82, 2.24) is 10.6 Å². The van der Waals surface area contributed by atoms with E-state index in [1.807, 2.05) is 0 Å². The summed E-state index contributed by atoms with van der Waals surface area (Å²) in [7, 11) is -3.63. The van der Waals surface area contributed by atoms with Gasteiger partial charge < -0.3 is 64.7 Å². The lowest BCUT2D eigenvalue weighted by atomic mass is 9.77. The van der Waals surface area contributed by atoms with Crippen LogP contribution in [-0.2, 0) is 17.9 Å². The Bertz CT molecular complexity index is 1770. The highest BCUT2D eigenvalue weighted by molar-refractivity contribution is 6.59. The highest BCUT2D eigenvalue weighted by Gasteiger charge is 2.23. The van der Waals surface area contributed by atoms with Crippen molar-refractivity contribution in [3.05, 3.63) is 120 Å². The average molecular weight is 790 g/mol. The minimum Gasteiger partial charge on any atom is -1.00 e. The van der Waals surface area contributed by atoms with Gasteiger partial charge >= 0.3 is 14.2 Å². The summed E-state index contributed by atoms with van der Waals surface area (Å²) < 4.78 is 31.5. The predicted octanol–water partition coefficient (Wildman–Crippen LogP) is -6.52. The summed E-state index contributed by atoms with van der Waals surface area (Å²) in [5.74, 6) is -1.78. The van der Waals surface area contributed by atoms with Gasteiger partial charge in [-0.15, -0.1) is 0 Å². The normalized spacial score (nSPS) is 10.3. The van der Waals surface area contributed by atoms with E-state index in [-0.39, 0.29) is 76.0 Å². The molecule has 0 saturated heterocycles. The van der Waals surface area contributed by atoms with E-state index in [1.165, 1.54) is 24.3 Å². The fourth-order valence-electron chi connectivity index (χ4n) is 4.87. The largest absolute Gasteiger partial charge is 1.00 e. The van der Waals surface area contributed by atoms with E-state index in [0.717, 1.165) is 12.1 Å². The molecule has 0 bridgehead atoms. The van der Waals surface area contributed by atoms with Crippen LogP contribution in [0.4, 0.5) is 8.78 Å². The van der Waals surface area contributed by atoms with E-state index in [2.05, 4.69) is 17.2 Å². The van der Waals surface area contributed by atoms with Crippen LogP contribution in [0.5, 0.6) is 0 Å². The zero-order chi connectivity index (χ0) is 33.4. The number of nitrogens with zero attached hydrogens (tertiary/aromatic N) is 2. The van der Waals surface area contributed by atoms with Gasteiger partial charge in [0, 0.05) is 35.9 Å². The van der Waals surface area contributed by atoms with Gasteiger partial charge in [-0.3, -0.25) is 9.59 Å². The monoisotopic (exact) mass is 788 g/mol. The van der Waals surface area contributed by atoms with Crippen molar-refractivity contribution in [3.63, 3.8) is 0 Å². The molecule has 0 unspecified atom stereocenters. The van der Waals surface area contributed by atoms with Crippen molar-refractivity contribution in [2.24, 2.45) is 0 Å². The lowest BCUT2D eigenvalue weighted by Crippen LogP contribution is -3.00. The molecule has 6 N–H and O–H groups in total. The number of pyridine rings is 2. The average Bonchev–Trinajstić information content (AvgIpc) is 3.00. The zero-order valence-electron chi connectivity index (χ0n) is 25.9. The van der Waals surface area contributed by atoms with Crippen molar-refractivity contribution in [1.29, 1.82) is 0 Å². The Balaban J connectivity index is 0.00000400. The molecule has 252 valence electrons. The highest BCUT2D eigenvalue weighted by atomic mass is 79.9. The summed E-state index contributed by atoms with van der Waals surface area (Å²) in [6, 6.07) is 12.5. The number of nitrogens with one attached hydrogen (secondary N) is 2. The van der Waals surface area contributed by atoms with Gasteiger partial charge in [0.05, 0.1) is 11.1 Å². The van der Waals surface area contributed by atoms with Gasteiger partial charge in [0.15, 0.2) is 37.9 Å². The number of benzene rings is 2. The first kappa shape index (κ1) is 40.4. The molecular weight excluding hydrogens is 756 g/mol. The lowest BCUT2D eigenvalue weighted by molar-refractivity contribution is -0.689. The number of hydrogen-bond acceptors (Lipinski definition) is 6. The van der Waals surface area contributed by atoms with E-state index in [9.17, 15) is 38.5 Å². The number of rotatable bonds is 13. The van der Waals surface area contributed by atoms with Crippen molar-refractivity contribution in [2.45, 2.75) is 26.4 Å². The van der Waals surface area contributed by atoms with Crippen LogP contribution in [0, 0.1) is 11.6 Å². The maximum absolute atomic E-state index is 14.2. The summed E-state index contributed by atoms with van der Waals surface area (Å²) in [6.07, 6.45) is 7.21. The number of carbonyl (C=O) groups is 2. The third-order valence-corrected chi connectivity index (χ3v) is 7.16. The van der Waals surface area contributed by atoms with Crippen LogP contribution in [0.1, 0.15) is 34.8 Å². The smallest absolute Gasteiger partial charge is 0.488 e. The number of hydrogen-bond donors (Lipinski definition) is 6. The summed E-state index contributed by atoms with van der Waals surface area (Å²) in [5.41, 5.74) is 2.80. The third-order valence-electron chi connectivity index (χ3n) is 7.16. The maximum atomic E-state index is 14.2. The quantitative estimate of drug-likeness (QED) is 0.0344. The van der Waals surface area contributed by atoms with Gasteiger partial charge in [0.1, 0.15) is 17.2 Å². The summed E-state index contributed by atoms with van der Waals surface area (Å²) in [5, 5.41) is 44.7. The number of halogens is 4. The molecule has 0 aliphatic rings. The predicted molar refractivity (Wildman–Crippen MR) is 168 cm³/mol. The first-order valence-corrected chi connectivity index (χ1v) is 14.5. The Kier molecular flexibility index (Phi) is 15.7. The molecule has 0 fully saturated rings. The van der Waals surface area contributed by atoms with Gasteiger partial charge in [-0.25, -0.2) is 13.3 Å². The summed E-state index contributed by atoms with van der Waals surface area (Å²) in [4.78, 5) is 25.0. The molecule has 10 nitrogen and oxygen atoms in total. The van der Waals surface area contributed by atoms with Crippen molar-refractivity contribution >= 4 is 37.0 Å². The minimum absolute atomic E-state index is 0. The van der Waals surface area contributed by atoms with E-state index in [4.69, 9.17) is 0 Å². The topological polar surface area (TPSA) is 147 Å². The second kappa shape index (κ2) is 18.7. The van der Waals surface area contributed by atoms with Crippen molar-refractivity contribution in [3.8, 4) is 11.1 Å². The van der Waals surface area contributed by atoms with E-state index in [1.54, 1.807) is 59.0 Å². The van der Waals surface area contributed by atoms with Gasteiger partial charge in [-0.1, -0.05) is 18.7 Å². The molecule has 4 rings (SSSR count). The molecule has 0 aliphatic heterocycles. The highest BCUT2D eigenvalue weighted by Crippen LogP contribution is 2.18. The third kappa shape index (κ3) is 11.1. The van der Waals surface area contributed by atoms with Crippen LogP contribution >= 0.6 is 0 Å². The summed E-state index contributed by atoms with van der Waals surface area (Å²) in [6.45, 7) is 5.90. The van der Waals surface area contributed by atoms with Gasteiger partial charge in [-0.05, 0) is 60.7 Å². The van der Waals surface area contributed by atoms with E-state index in [0.29, 0.717) is 40.8 Å². The molecule has 0 spiro atoms. The molecule has 2 amide bonds. The molecule has 0 saturated carbocycles. The Morgan fingerprint density at radius 2 is 1.31 bits per heavy atom. The standard InChI is InChI=1S/C32H32B2F2N4O6.2BrH/c1-21(2)31(41)37-10-4-11-38-32(42)26-13-23(17-40(20-26)19-25-15-28(36)7-9-30(25)34(45)46)22-5-3-12-39(16-22)18-24-14-27(35)6-8-29(24)33(43)44;;/h3,5-9,12-17,20,43-46H,1,4,10-11,18-19H2,2H3;2*1H. The molecule has 16 heteroatoms. The maximum Gasteiger partial charge on any atom is 0.488 e. The van der Waals surface area contributed by atoms with Crippen LogP contribution in [0.2, 0.25) is 0 Å². The SMILES string of the molecule is C=C(C)C(=O)NCCCNC(=O)c1cc(-c2ccc[n+](Cc3cc(F)ccc3B(O)O)c2)c[n+](Cc2cc(F)ccc2B(O)O)c1.[Br-].[Br-]. The van der Waals surface area contributed by atoms with Crippen LogP contribution in [-0.4, -0.2) is 59.2 Å².